The topological polar surface area (TPSA) is 41.3 Å². The molecule has 1 unspecified atom stereocenters. The minimum Gasteiger partial charge on any atom is -0.395 e. The smallest absolute Gasteiger partial charge is 0.122 e. The van der Waals surface area contributed by atoms with Crippen molar-refractivity contribution >= 4 is 0 Å². The zero-order valence-electron chi connectivity index (χ0n) is 8.56. The van der Waals surface area contributed by atoms with E-state index in [-0.39, 0.29) is 6.61 Å². The van der Waals surface area contributed by atoms with Crippen molar-refractivity contribution in [1.82, 2.24) is 14.5 Å². The van der Waals surface area contributed by atoms with Crippen LogP contribution in [0.3, 0.4) is 0 Å². The van der Waals surface area contributed by atoms with Crippen LogP contribution in [0, 0.1) is 0 Å². The number of imidazole rings is 1. The van der Waals surface area contributed by atoms with Crippen LogP contribution in [0.25, 0.3) is 0 Å². The molecule has 1 aromatic heterocycles. The van der Waals surface area contributed by atoms with Gasteiger partial charge in [-0.1, -0.05) is 0 Å². The molecule has 1 saturated heterocycles. The van der Waals surface area contributed by atoms with E-state index in [1.54, 1.807) is 0 Å². The molecule has 0 saturated carbocycles. The van der Waals surface area contributed by atoms with Gasteiger partial charge in [0.2, 0.25) is 0 Å². The molecular formula is C10H17N3O. The van der Waals surface area contributed by atoms with E-state index in [1.807, 2.05) is 24.0 Å². The standard InChI is InChI=1S/C10H17N3O/c1-12-6-4-11-10(12)7-13-5-2-3-9(13)8-14/h4,6,9,14H,2-3,5,7-8H2,1H3. The van der Waals surface area contributed by atoms with Crippen molar-refractivity contribution in [2.75, 3.05) is 13.2 Å². The van der Waals surface area contributed by atoms with Gasteiger partial charge < -0.3 is 9.67 Å². The maximum atomic E-state index is 9.17. The van der Waals surface area contributed by atoms with E-state index in [2.05, 4.69) is 9.88 Å². The van der Waals surface area contributed by atoms with Crippen LogP contribution in [0.2, 0.25) is 0 Å². The normalized spacial score (nSPS) is 23.1. The zero-order valence-corrected chi connectivity index (χ0v) is 8.56. The Morgan fingerprint density at radius 2 is 2.50 bits per heavy atom. The highest BCUT2D eigenvalue weighted by Gasteiger charge is 2.24. The van der Waals surface area contributed by atoms with Gasteiger partial charge in [-0.25, -0.2) is 4.98 Å². The number of aromatic nitrogens is 2. The minimum absolute atomic E-state index is 0.268. The number of rotatable bonds is 3. The van der Waals surface area contributed by atoms with Crippen LogP contribution in [0.15, 0.2) is 12.4 Å². The quantitative estimate of drug-likeness (QED) is 0.758. The molecule has 1 fully saturated rings. The number of aliphatic hydroxyl groups is 1. The van der Waals surface area contributed by atoms with Gasteiger partial charge in [-0.15, -0.1) is 0 Å². The van der Waals surface area contributed by atoms with Gasteiger partial charge in [0.1, 0.15) is 5.82 Å². The van der Waals surface area contributed by atoms with Gasteiger partial charge in [0.05, 0.1) is 13.2 Å². The lowest BCUT2D eigenvalue weighted by atomic mass is 10.2. The van der Waals surface area contributed by atoms with Crippen molar-refractivity contribution in [3.8, 4) is 0 Å². The van der Waals surface area contributed by atoms with Gasteiger partial charge in [-0.2, -0.15) is 0 Å². The molecule has 0 aliphatic carbocycles. The Bertz CT molecular complexity index is 297. The lowest BCUT2D eigenvalue weighted by molar-refractivity contribution is 0.150. The van der Waals surface area contributed by atoms with Crippen LogP contribution in [0.4, 0.5) is 0 Å². The molecule has 14 heavy (non-hydrogen) atoms. The van der Waals surface area contributed by atoms with Crippen LogP contribution in [0.5, 0.6) is 0 Å². The largest absolute Gasteiger partial charge is 0.395 e. The van der Waals surface area contributed by atoms with E-state index in [0.29, 0.717) is 6.04 Å². The predicted octanol–water partition coefficient (Wildman–Crippen LogP) is 0.377. The summed E-state index contributed by atoms with van der Waals surface area (Å²) in [6, 6.07) is 0.340. The van der Waals surface area contributed by atoms with Crippen molar-refractivity contribution in [1.29, 1.82) is 0 Å². The van der Waals surface area contributed by atoms with E-state index in [4.69, 9.17) is 5.11 Å². The highest BCUT2D eigenvalue weighted by molar-refractivity contribution is 4.93. The average Bonchev–Trinajstić information content (AvgIpc) is 2.77. The minimum atomic E-state index is 0.268. The molecule has 4 nitrogen and oxygen atoms in total. The van der Waals surface area contributed by atoms with Crippen LogP contribution in [0.1, 0.15) is 18.7 Å². The second kappa shape index (κ2) is 4.11. The van der Waals surface area contributed by atoms with Gasteiger partial charge in [-0.3, -0.25) is 4.90 Å². The van der Waals surface area contributed by atoms with Crippen molar-refractivity contribution in [3.63, 3.8) is 0 Å². The van der Waals surface area contributed by atoms with E-state index in [9.17, 15) is 0 Å². The fraction of sp³-hybridized carbons (Fsp3) is 0.700. The molecule has 1 atom stereocenters. The van der Waals surface area contributed by atoms with Gasteiger partial charge in [0.25, 0.3) is 0 Å². The highest BCUT2D eigenvalue weighted by atomic mass is 16.3. The van der Waals surface area contributed by atoms with Crippen molar-refractivity contribution in [3.05, 3.63) is 18.2 Å². The molecule has 0 radical (unpaired) electrons. The summed E-state index contributed by atoms with van der Waals surface area (Å²) in [4.78, 5) is 6.60. The van der Waals surface area contributed by atoms with E-state index in [1.165, 1.54) is 6.42 Å². The molecule has 1 aromatic rings. The summed E-state index contributed by atoms with van der Waals surface area (Å²) < 4.78 is 2.03. The first kappa shape index (κ1) is 9.68. The maximum absolute atomic E-state index is 9.17. The van der Waals surface area contributed by atoms with Gasteiger partial charge in [0, 0.05) is 25.5 Å². The first-order chi connectivity index (χ1) is 6.81. The second-order valence-electron chi connectivity index (χ2n) is 3.90. The third kappa shape index (κ3) is 1.81. The Balaban J connectivity index is 2.00. The molecule has 0 spiro atoms. The molecule has 2 rings (SSSR count). The Kier molecular flexibility index (Phi) is 2.84. The average molecular weight is 195 g/mol. The summed E-state index contributed by atoms with van der Waals surface area (Å²) >= 11 is 0. The summed E-state index contributed by atoms with van der Waals surface area (Å²) in [7, 11) is 2.01. The molecule has 1 aliphatic rings. The molecule has 2 heterocycles. The van der Waals surface area contributed by atoms with Crippen molar-refractivity contribution in [2.24, 2.45) is 7.05 Å². The van der Waals surface area contributed by atoms with E-state index >= 15 is 0 Å². The Labute approximate surface area is 84.2 Å². The molecule has 4 heteroatoms. The summed E-state index contributed by atoms with van der Waals surface area (Å²) in [5.74, 6) is 1.07. The third-order valence-electron chi connectivity index (χ3n) is 2.98. The first-order valence-corrected chi connectivity index (χ1v) is 5.12. The van der Waals surface area contributed by atoms with Crippen LogP contribution >= 0.6 is 0 Å². The maximum Gasteiger partial charge on any atom is 0.122 e. The Morgan fingerprint density at radius 1 is 1.64 bits per heavy atom. The van der Waals surface area contributed by atoms with Crippen LogP contribution < -0.4 is 0 Å². The summed E-state index contributed by atoms with van der Waals surface area (Å²) in [5, 5.41) is 9.17. The summed E-state index contributed by atoms with van der Waals surface area (Å²) in [6.07, 6.45) is 6.08. The van der Waals surface area contributed by atoms with Gasteiger partial charge in [0.15, 0.2) is 0 Å². The lowest BCUT2D eigenvalue weighted by Crippen LogP contribution is -2.32. The van der Waals surface area contributed by atoms with E-state index < -0.39 is 0 Å². The van der Waals surface area contributed by atoms with Gasteiger partial charge >= 0.3 is 0 Å². The molecule has 78 valence electrons. The van der Waals surface area contributed by atoms with Crippen LogP contribution in [-0.4, -0.2) is 38.8 Å². The second-order valence-corrected chi connectivity index (χ2v) is 3.90. The van der Waals surface area contributed by atoms with Crippen LogP contribution in [-0.2, 0) is 13.6 Å². The highest BCUT2D eigenvalue weighted by Crippen LogP contribution is 2.18. The number of hydrogen-bond acceptors (Lipinski definition) is 3. The third-order valence-corrected chi connectivity index (χ3v) is 2.98. The number of aryl methyl sites for hydroxylation is 1. The zero-order chi connectivity index (χ0) is 9.97. The number of nitrogens with zero attached hydrogens (tertiary/aromatic N) is 3. The summed E-state index contributed by atoms with van der Waals surface area (Å²) in [6.45, 7) is 2.21. The Morgan fingerprint density at radius 3 is 3.14 bits per heavy atom. The molecule has 1 N–H and O–H groups in total. The van der Waals surface area contributed by atoms with Crippen molar-refractivity contribution < 1.29 is 5.11 Å². The fourth-order valence-corrected chi connectivity index (χ4v) is 2.04. The predicted molar refractivity (Wildman–Crippen MR) is 53.7 cm³/mol. The SMILES string of the molecule is Cn1ccnc1CN1CCCC1CO. The molecular weight excluding hydrogens is 178 g/mol. The lowest BCUT2D eigenvalue weighted by Gasteiger charge is -2.21. The number of aliphatic hydroxyl groups excluding tert-OH is 1. The summed E-state index contributed by atoms with van der Waals surface area (Å²) in [5.41, 5.74) is 0. The monoisotopic (exact) mass is 195 g/mol. The van der Waals surface area contributed by atoms with Crippen molar-refractivity contribution in [2.45, 2.75) is 25.4 Å². The number of likely N-dealkylation sites (tertiary alicyclic amines) is 1. The Hall–Kier alpha value is -0.870. The fourth-order valence-electron chi connectivity index (χ4n) is 2.04. The van der Waals surface area contributed by atoms with Gasteiger partial charge in [-0.05, 0) is 19.4 Å². The molecule has 0 bridgehead atoms. The van der Waals surface area contributed by atoms with E-state index in [0.717, 1.165) is 25.3 Å². The molecule has 0 amide bonds. The molecule has 0 aromatic carbocycles. The molecule has 1 aliphatic heterocycles. The number of hydrogen-bond donors (Lipinski definition) is 1. The first-order valence-electron chi connectivity index (χ1n) is 5.12.